The zero-order chi connectivity index (χ0) is 11.3. The van der Waals surface area contributed by atoms with Gasteiger partial charge in [0.05, 0.1) is 0 Å². The molecule has 0 unspecified atom stereocenters. The van der Waals surface area contributed by atoms with Crippen molar-refractivity contribution in [3.8, 4) is 0 Å². The van der Waals surface area contributed by atoms with Crippen LogP contribution >= 0.6 is 0 Å². The van der Waals surface area contributed by atoms with E-state index >= 15 is 0 Å². The average Bonchev–Trinajstić information content (AvgIpc) is 2.41. The van der Waals surface area contributed by atoms with E-state index in [1.54, 1.807) is 0 Å². The SMILES string of the molecule is CC1(C)C(NC(=O)NC2CCC2)C1(C)C. The second-order valence-corrected chi connectivity index (χ2v) is 6.12. The molecule has 0 aromatic heterocycles. The van der Waals surface area contributed by atoms with Gasteiger partial charge in [-0.2, -0.15) is 0 Å². The van der Waals surface area contributed by atoms with Gasteiger partial charge in [-0.1, -0.05) is 27.7 Å². The third kappa shape index (κ3) is 1.62. The molecule has 0 bridgehead atoms. The van der Waals surface area contributed by atoms with E-state index in [2.05, 4.69) is 38.3 Å². The van der Waals surface area contributed by atoms with Crippen LogP contribution in [0.4, 0.5) is 4.79 Å². The fourth-order valence-corrected chi connectivity index (χ4v) is 2.47. The van der Waals surface area contributed by atoms with Crippen LogP contribution in [-0.2, 0) is 0 Å². The van der Waals surface area contributed by atoms with Crippen molar-refractivity contribution in [3.63, 3.8) is 0 Å². The van der Waals surface area contributed by atoms with Crippen molar-refractivity contribution < 1.29 is 4.79 Å². The molecule has 2 rings (SSSR count). The number of rotatable bonds is 2. The van der Waals surface area contributed by atoms with Gasteiger partial charge in [0, 0.05) is 12.1 Å². The van der Waals surface area contributed by atoms with Crippen molar-refractivity contribution in [2.45, 2.75) is 59.0 Å². The Labute approximate surface area is 92.0 Å². The van der Waals surface area contributed by atoms with E-state index in [4.69, 9.17) is 0 Å². The van der Waals surface area contributed by atoms with Gasteiger partial charge in [-0.05, 0) is 30.1 Å². The predicted molar refractivity (Wildman–Crippen MR) is 60.7 cm³/mol. The third-order valence-corrected chi connectivity index (χ3v) is 4.74. The number of carbonyl (C=O) groups is 1. The molecule has 2 fully saturated rings. The van der Waals surface area contributed by atoms with Gasteiger partial charge in [-0.15, -0.1) is 0 Å². The van der Waals surface area contributed by atoms with E-state index in [1.165, 1.54) is 6.42 Å². The molecule has 0 aromatic rings. The number of nitrogens with one attached hydrogen (secondary N) is 2. The zero-order valence-corrected chi connectivity index (χ0v) is 10.2. The molecule has 2 saturated carbocycles. The van der Waals surface area contributed by atoms with E-state index in [1.807, 2.05) is 0 Å². The molecular formula is C12H22N2O. The Balaban J connectivity index is 1.80. The van der Waals surface area contributed by atoms with E-state index in [0.717, 1.165) is 12.8 Å². The molecular weight excluding hydrogens is 188 g/mol. The van der Waals surface area contributed by atoms with Gasteiger partial charge in [0.15, 0.2) is 0 Å². The maximum Gasteiger partial charge on any atom is 0.315 e. The van der Waals surface area contributed by atoms with Crippen LogP contribution in [-0.4, -0.2) is 18.1 Å². The lowest BCUT2D eigenvalue weighted by Gasteiger charge is -2.26. The molecule has 3 nitrogen and oxygen atoms in total. The van der Waals surface area contributed by atoms with E-state index < -0.39 is 0 Å². The lowest BCUT2D eigenvalue weighted by atomic mass is 9.93. The van der Waals surface area contributed by atoms with Crippen molar-refractivity contribution in [2.24, 2.45) is 10.8 Å². The molecule has 86 valence electrons. The van der Waals surface area contributed by atoms with Gasteiger partial charge >= 0.3 is 6.03 Å². The molecule has 0 radical (unpaired) electrons. The minimum atomic E-state index is 0.0170. The second-order valence-electron chi connectivity index (χ2n) is 6.12. The Bertz CT molecular complexity index is 265. The van der Waals surface area contributed by atoms with Gasteiger partial charge in [-0.25, -0.2) is 4.79 Å². The van der Waals surface area contributed by atoms with Gasteiger partial charge in [0.2, 0.25) is 0 Å². The molecule has 2 aliphatic carbocycles. The molecule has 2 aliphatic rings. The maximum absolute atomic E-state index is 11.7. The lowest BCUT2D eigenvalue weighted by molar-refractivity contribution is 0.226. The molecule has 0 atom stereocenters. The number of amides is 2. The number of urea groups is 1. The number of hydrogen-bond acceptors (Lipinski definition) is 1. The summed E-state index contributed by atoms with van der Waals surface area (Å²) in [4.78, 5) is 11.7. The Hall–Kier alpha value is -0.730. The summed E-state index contributed by atoms with van der Waals surface area (Å²) in [5, 5.41) is 6.10. The van der Waals surface area contributed by atoms with Crippen LogP contribution in [0.3, 0.4) is 0 Å². The first-order valence-corrected chi connectivity index (χ1v) is 5.93. The summed E-state index contributed by atoms with van der Waals surface area (Å²) in [6.07, 6.45) is 3.54. The second kappa shape index (κ2) is 3.13. The first-order chi connectivity index (χ1) is 6.85. The average molecular weight is 210 g/mol. The van der Waals surface area contributed by atoms with Crippen molar-refractivity contribution in [1.82, 2.24) is 10.6 Å². The highest BCUT2D eigenvalue weighted by Crippen LogP contribution is 2.62. The first-order valence-electron chi connectivity index (χ1n) is 5.93. The van der Waals surface area contributed by atoms with E-state index in [0.29, 0.717) is 12.1 Å². The van der Waals surface area contributed by atoms with Crippen LogP contribution in [0.15, 0.2) is 0 Å². The van der Waals surface area contributed by atoms with Crippen molar-refractivity contribution in [3.05, 3.63) is 0 Å². The minimum absolute atomic E-state index is 0.0170. The Kier molecular flexibility index (Phi) is 2.25. The monoisotopic (exact) mass is 210 g/mol. The Morgan fingerprint density at radius 2 is 1.60 bits per heavy atom. The number of carbonyl (C=O) groups excluding carboxylic acids is 1. The molecule has 0 saturated heterocycles. The smallest absolute Gasteiger partial charge is 0.315 e. The van der Waals surface area contributed by atoms with Crippen LogP contribution in [0.2, 0.25) is 0 Å². The molecule has 0 spiro atoms. The van der Waals surface area contributed by atoms with Gasteiger partial charge < -0.3 is 10.6 Å². The summed E-state index contributed by atoms with van der Waals surface area (Å²) in [7, 11) is 0. The fraction of sp³-hybridized carbons (Fsp3) is 0.917. The summed E-state index contributed by atoms with van der Waals surface area (Å²) in [6, 6.07) is 0.753. The highest BCUT2D eigenvalue weighted by molar-refractivity contribution is 5.75. The normalized spacial score (nSPS) is 28.0. The summed E-state index contributed by atoms with van der Waals surface area (Å²) in [5.41, 5.74) is 0.452. The first kappa shape index (κ1) is 10.8. The maximum atomic E-state index is 11.7. The quantitative estimate of drug-likeness (QED) is 0.721. The van der Waals surface area contributed by atoms with Crippen LogP contribution in [0.5, 0.6) is 0 Å². The Morgan fingerprint density at radius 1 is 1.07 bits per heavy atom. The summed E-state index contributed by atoms with van der Waals surface area (Å²) in [5.74, 6) is 0. The van der Waals surface area contributed by atoms with E-state index in [9.17, 15) is 4.79 Å². The van der Waals surface area contributed by atoms with Gasteiger partial charge in [0.1, 0.15) is 0 Å². The molecule has 2 amide bonds. The van der Waals surface area contributed by atoms with Gasteiger partial charge in [0.25, 0.3) is 0 Å². The molecule has 3 heteroatoms. The van der Waals surface area contributed by atoms with Crippen LogP contribution in [0.25, 0.3) is 0 Å². The fourth-order valence-electron chi connectivity index (χ4n) is 2.47. The lowest BCUT2D eigenvalue weighted by Crippen LogP contribution is -2.46. The number of hydrogen-bond donors (Lipinski definition) is 2. The molecule has 15 heavy (non-hydrogen) atoms. The van der Waals surface area contributed by atoms with E-state index in [-0.39, 0.29) is 16.9 Å². The minimum Gasteiger partial charge on any atom is -0.335 e. The molecule has 0 aliphatic heterocycles. The van der Waals surface area contributed by atoms with Crippen LogP contribution < -0.4 is 10.6 Å². The summed E-state index contributed by atoms with van der Waals surface area (Å²) >= 11 is 0. The van der Waals surface area contributed by atoms with Gasteiger partial charge in [-0.3, -0.25) is 0 Å². The van der Waals surface area contributed by atoms with Crippen molar-refractivity contribution in [2.75, 3.05) is 0 Å². The standard InChI is InChI=1S/C12H22N2O/c1-11(2)9(12(11,3)4)14-10(15)13-8-6-5-7-8/h8-9H,5-7H2,1-4H3,(H2,13,14,15). The largest absolute Gasteiger partial charge is 0.335 e. The predicted octanol–water partition coefficient (Wildman–Crippen LogP) is 2.27. The van der Waals surface area contributed by atoms with Crippen LogP contribution in [0, 0.1) is 10.8 Å². The summed E-state index contributed by atoms with van der Waals surface area (Å²) in [6.45, 7) is 8.84. The molecule has 0 heterocycles. The van der Waals surface area contributed by atoms with Crippen molar-refractivity contribution >= 4 is 6.03 Å². The third-order valence-electron chi connectivity index (χ3n) is 4.74. The topological polar surface area (TPSA) is 41.1 Å². The van der Waals surface area contributed by atoms with Crippen LogP contribution in [0.1, 0.15) is 47.0 Å². The zero-order valence-electron chi connectivity index (χ0n) is 10.2. The Morgan fingerprint density at radius 3 is 1.93 bits per heavy atom. The summed E-state index contributed by atoms with van der Waals surface area (Å²) < 4.78 is 0. The highest BCUT2D eigenvalue weighted by Gasteiger charge is 2.65. The molecule has 2 N–H and O–H groups in total. The molecule has 0 aromatic carbocycles. The highest BCUT2D eigenvalue weighted by atomic mass is 16.2. The van der Waals surface area contributed by atoms with Crippen molar-refractivity contribution in [1.29, 1.82) is 0 Å².